The molecule has 33 valence electrons. The topological polar surface area (TPSA) is 31.9 Å². The van der Waals surface area contributed by atoms with Crippen LogP contribution in [0.25, 0.3) is 0 Å². The van der Waals surface area contributed by atoms with Gasteiger partial charge in [0.05, 0.1) is 0 Å². The van der Waals surface area contributed by atoms with E-state index in [4.69, 9.17) is 0 Å². The van der Waals surface area contributed by atoms with Gasteiger partial charge in [-0.25, -0.2) is 5.11 Å². The van der Waals surface area contributed by atoms with Crippen LogP contribution in [0.15, 0.2) is 11.8 Å². The fourth-order valence-electron chi connectivity index (χ4n) is 0.339. The summed E-state index contributed by atoms with van der Waals surface area (Å²) in [6, 6.07) is 0. The molecule has 0 bridgehead atoms. The smallest absolute Gasteiger partial charge is 0.107 e. The van der Waals surface area contributed by atoms with E-state index in [2.05, 4.69) is 5.32 Å². The van der Waals surface area contributed by atoms with Gasteiger partial charge < -0.3 is 5.32 Å². The van der Waals surface area contributed by atoms with E-state index in [0.717, 1.165) is 12.1 Å². The molecule has 0 unspecified atom stereocenters. The van der Waals surface area contributed by atoms with Crippen molar-refractivity contribution in [3.05, 3.63) is 11.8 Å². The largest absolute Gasteiger partial charge is 0.387 e. The van der Waals surface area contributed by atoms with E-state index in [1.807, 2.05) is 0 Å². The van der Waals surface area contributed by atoms with Crippen LogP contribution >= 0.6 is 0 Å². The average Bonchev–Trinajstić information content (AvgIpc) is 1.31. The molecule has 0 fully saturated rings. The highest BCUT2D eigenvalue weighted by Crippen LogP contribution is 1.95. The molecule has 0 saturated heterocycles. The fourth-order valence-corrected chi connectivity index (χ4v) is 0.339. The maximum absolute atomic E-state index is 9.80. The van der Waals surface area contributed by atoms with Gasteiger partial charge >= 0.3 is 0 Å². The number of hydrogen-bond donors (Lipinski definition) is 1. The van der Waals surface area contributed by atoms with Gasteiger partial charge in [0.25, 0.3) is 0 Å². The number of nitrogens with one attached hydrogen (secondary N) is 1. The molecule has 1 radical (unpaired) electrons. The van der Waals surface area contributed by atoms with Crippen molar-refractivity contribution in [3.63, 3.8) is 0 Å². The second-order valence-electron chi connectivity index (χ2n) is 1.33. The van der Waals surface area contributed by atoms with Crippen molar-refractivity contribution in [2.75, 3.05) is 13.2 Å². The number of rotatable bonds is 1. The van der Waals surface area contributed by atoms with Crippen LogP contribution < -0.4 is 5.32 Å². The minimum absolute atomic E-state index is 0.0347. The first-order valence-electron chi connectivity index (χ1n) is 1.93. The normalized spacial score (nSPS) is 17.8. The van der Waals surface area contributed by atoms with Crippen molar-refractivity contribution in [2.45, 2.75) is 0 Å². The fraction of sp³-hybridized carbons (Fsp3) is 0.500. The quantitative estimate of drug-likeness (QED) is 0.473. The third-order valence-electron chi connectivity index (χ3n) is 0.821. The Kier molecular flexibility index (Phi) is 0.801. The van der Waals surface area contributed by atoms with Crippen LogP contribution in [0, 0.1) is 0 Å². The van der Waals surface area contributed by atoms with Crippen LogP contribution in [0.2, 0.25) is 0 Å². The van der Waals surface area contributed by atoms with Crippen molar-refractivity contribution in [3.8, 4) is 0 Å². The van der Waals surface area contributed by atoms with Crippen LogP contribution in [0.1, 0.15) is 0 Å². The molecule has 0 aliphatic carbocycles. The Labute approximate surface area is 36.5 Å². The van der Waals surface area contributed by atoms with Gasteiger partial charge in [-0.1, -0.05) is 0 Å². The standard InChI is InChI=1S/C4H6NO/c6-3-4-1-5-2-4/h1,5H,2-3H2. The molecule has 2 heteroatoms. The summed E-state index contributed by atoms with van der Waals surface area (Å²) < 4.78 is 0. The zero-order chi connectivity index (χ0) is 4.41. The molecule has 1 aliphatic rings. The predicted octanol–water partition coefficient (Wildman–Crippen LogP) is -0.0960. The highest BCUT2D eigenvalue weighted by Gasteiger charge is 2.00. The molecule has 0 aromatic rings. The summed E-state index contributed by atoms with van der Waals surface area (Å²) >= 11 is 0. The molecule has 6 heavy (non-hydrogen) atoms. The van der Waals surface area contributed by atoms with E-state index in [1.165, 1.54) is 0 Å². The van der Waals surface area contributed by atoms with Gasteiger partial charge in [-0.2, -0.15) is 0 Å². The predicted molar refractivity (Wildman–Crippen MR) is 21.6 cm³/mol. The van der Waals surface area contributed by atoms with E-state index in [0.29, 0.717) is 0 Å². The van der Waals surface area contributed by atoms with Crippen molar-refractivity contribution >= 4 is 0 Å². The average molecular weight is 84.1 g/mol. The highest BCUT2D eigenvalue weighted by molar-refractivity contribution is 5.12. The molecule has 1 heterocycles. The Morgan fingerprint density at radius 3 is 2.67 bits per heavy atom. The zero-order valence-corrected chi connectivity index (χ0v) is 3.40. The molecule has 2 nitrogen and oxygen atoms in total. The lowest BCUT2D eigenvalue weighted by Crippen LogP contribution is -2.23. The Morgan fingerprint density at radius 1 is 2.00 bits per heavy atom. The van der Waals surface area contributed by atoms with Crippen molar-refractivity contribution in [2.24, 2.45) is 0 Å². The van der Waals surface area contributed by atoms with Gasteiger partial charge in [0, 0.05) is 12.7 Å². The molecule has 0 spiro atoms. The second kappa shape index (κ2) is 1.30. The Balaban J connectivity index is 2.32. The second-order valence-corrected chi connectivity index (χ2v) is 1.33. The lowest BCUT2D eigenvalue weighted by atomic mass is 10.2. The van der Waals surface area contributed by atoms with E-state index >= 15 is 0 Å². The summed E-state index contributed by atoms with van der Waals surface area (Å²) in [5, 5.41) is 12.7. The number of hydrogen-bond acceptors (Lipinski definition) is 1. The van der Waals surface area contributed by atoms with Crippen LogP contribution in [0.3, 0.4) is 0 Å². The molecule has 0 saturated carbocycles. The van der Waals surface area contributed by atoms with Crippen molar-refractivity contribution in [1.82, 2.24) is 5.32 Å². The van der Waals surface area contributed by atoms with Gasteiger partial charge in [0.1, 0.15) is 6.61 Å². The first-order valence-corrected chi connectivity index (χ1v) is 1.93. The third-order valence-corrected chi connectivity index (χ3v) is 0.821. The molecule has 1 rings (SSSR count). The van der Waals surface area contributed by atoms with Crippen LogP contribution in [-0.4, -0.2) is 13.2 Å². The Hall–Kier alpha value is -0.500. The highest BCUT2D eigenvalue weighted by atomic mass is 16.3. The van der Waals surface area contributed by atoms with Gasteiger partial charge in [0.15, 0.2) is 0 Å². The van der Waals surface area contributed by atoms with Crippen molar-refractivity contribution < 1.29 is 5.11 Å². The van der Waals surface area contributed by atoms with Gasteiger partial charge in [0.2, 0.25) is 0 Å². The van der Waals surface area contributed by atoms with Crippen molar-refractivity contribution in [1.29, 1.82) is 0 Å². The first-order chi connectivity index (χ1) is 2.93. The summed E-state index contributed by atoms with van der Waals surface area (Å²) in [6.45, 7) is 0.774. The van der Waals surface area contributed by atoms with Gasteiger partial charge in [-0.15, -0.1) is 0 Å². The van der Waals surface area contributed by atoms with Gasteiger partial charge in [-0.3, -0.25) is 0 Å². The summed E-state index contributed by atoms with van der Waals surface area (Å²) in [4.78, 5) is 0. The van der Waals surface area contributed by atoms with E-state index in [1.54, 1.807) is 6.20 Å². The lowest BCUT2D eigenvalue weighted by Gasteiger charge is -2.11. The SMILES string of the molecule is [O]CC1=CNC1. The molecule has 1 N–H and O–H groups in total. The van der Waals surface area contributed by atoms with Gasteiger partial charge in [-0.05, 0) is 5.57 Å². The summed E-state index contributed by atoms with van der Waals surface area (Å²) in [5.41, 5.74) is 0.981. The summed E-state index contributed by atoms with van der Waals surface area (Å²) in [6.07, 6.45) is 1.76. The summed E-state index contributed by atoms with van der Waals surface area (Å²) in [7, 11) is 0. The molecule has 0 aromatic heterocycles. The van der Waals surface area contributed by atoms with Crippen LogP contribution in [0.4, 0.5) is 0 Å². The molecule has 0 aromatic carbocycles. The van der Waals surface area contributed by atoms with E-state index in [-0.39, 0.29) is 6.61 Å². The monoisotopic (exact) mass is 84.0 g/mol. The molecule has 0 atom stereocenters. The first kappa shape index (κ1) is 3.68. The molecule has 0 amide bonds. The van der Waals surface area contributed by atoms with E-state index in [9.17, 15) is 5.11 Å². The minimum Gasteiger partial charge on any atom is -0.387 e. The Bertz CT molecular complexity index is 77.6. The zero-order valence-electron chi connectivity index (χ0n) is 3.40. The summed E-state index contributed by atoms with van der Waals surface area (Å²) in [5.74, 6) is 0. The van der Waals surface area contributed by atoms with Crippen LogP contribution in [0.5, 0.6) is 0 Å². The lowest BCUT2D eigenvalue weighted by molar-refractivity contribution is 0.217. The third kappa shape index (κ3) is 0.389. The molecular formula is C4H6NO. The maximum atomic E-state index is 9.80. The molecule has 1 aliphatic heterocycles. The maximum Gasteiger partial charge on any atom is 0.107 e. The Morgan fingerprint density at radius 2 is 2.67 bits per heavy atom. The van der Waals surface area contributed by atoms with Crippen LogP contribution in [-0.2, 0) is 5.11 Å². The minimum atomic E-state index is -0.0347. The molecular weight excluding hydrogens is 78.0 g/mol. The van der Waals surface area contributed by atoms with E-state index < -0.39 is 0 Å².